The summed E-state index contributed by atoms with van der Waals surface area (Å²) in [5.74, 6) is -0.216. The summed E-state index contributed by atoms with van der Waals surface area (Å²) in [7, 11) is 0. The van der Waals surface area contributed by atoms with Gasteiger partial charge in [-0.1, -0.05) is 18.2 Å². The molecule has 1 atom stereocenters. The Morgan fingerprint density at radius 2 is 2.24 bits per heavy atom. The quantitative estimate of drug-likeness (QED) is 0.463. The summed E-state index contributed by atoms with van der Waals surface area (Å²) in [5, 5.41) is 15.1. The van der Waals surface area contributed by atoms with E-state index in [2.05, 4.69) is 16.0 Å². The van der Waals surface area contributed by atoms with Crippen LogP contribution in [0.2, 0.25) is 0 Å². The van der Waals surface area contributed by atoms with E-state index in [0.717, 1.165) is 0 Å². The number of primary amides is 1. The van der Waals surface area contributed by atoms with E-state index in [-0.39, 0.29) is 5.91 Å². The Labute approximate surface area is 121 Å². The van der Waals surface area contributed by atoms with E-state index in [1.807, 2.05) is 0 Å². The smallest absolute Gasteiger partial charge is 0.332 e. The lowest BCUT2D eigenvalue weighted by Gasteiger charge is -2.32. The minimum absolute atomic E-state index is 0.216. The van der Waals surface area contributed by atoms with Crippen LogP contribution in [-0.4, -0.2) is 34.3 Å². The van der Waals surface area contributed by atoms with E-state index >= 15 is 0 Å². The number of urea groups is 1. The van der Waals surface area contributed by atoms with Crippen LogP contribution in [0.3, 0.4) is 0 Å². The van der Waals surface area contributed by atoms with E-state index in [1.165, 1.54) is 5.01 Å². The van der Waals surface area contributed by atoms with Gasteiger partial charge < -0.3 is 10.8 Å². The first-order chi connectivity index (χ1) is 9.99. The third-order valence-electron chi connectivity index (χ3n) is 3.06. The molecular formula is C13H17N5O3. The van der Waals surface area contributed by atoms with Crippen molar-refractivity contribution in [2.24, 2.45) is 10.8 Å². The first-order valence-corrected chi connectivity index (χ1v) is 6.42. The van der Waals surface area contributed by atoms with Crippen LogP contribution in [0.1, 0.15) is 35.5 Å². The molecular weight excluding hydrogens is 274 g/mol. The van der Waals surface area contributed by atoms with Gasteiger partial charge in [-0.25, -0.2) is 10.2 Å². The maximum Gasteiger partial charge on any atom is 0.332 e. The fraction of sp³-hybridized carbons (Fsp3) is 0.308. The third kappa shape index (κ3) is 3.56. The fourth-order valence-corrected chi connectivity index (χ4v) is 2.00. The number of aliphatic hydroxyl groups is 1. The zero-order valence-electron chi connectivity index (χ0n) is 11.5. The number of carbonyl (C=O) groups excluding carboxylic acids is 2. The summed E-state index contributed by atoms with van der Waals surface area (Å²) in [6.07, 6.45) is -0.506. The molecule has 0 radical (unpaired) electrons. The first-order valence-electron chi connectivity index (χ1n) is 6.42. The molecule has 0 aromatic heterocycles. The van der Waals surface area contributed by atoms with Crippen LogP contribution in [0.4, 0.5) is 4.79 Å². The molecule has 0 saturated heterocycles. The van der Waals surface area contributed by atoms with Gasteiger partial charge in [-0.05, 0) is 13.0 Å². The second kappa shape index (κ2) is 6.33. The Kier molecular flexibility index (Phi) is 4.51. The van der Waals surface area contributed by atoms with Crippen molar-refractivity contribution >= 4 is 17.6 Å². The minimum atomic E-state index is -0.931. The van der Waals surface area contributed by atoms with Gasteiger partial charge >= 0.3 is 6.03 Å². The van der Waals surface area contributed by atoms with Gasteiger partial charge in [-0.2, -0.15) is 10.5 Å². The molecule has 21 heavy (non-hydrogen) atoms. The van der Waals surface area contributed by atoms with Crippen molar-refractivity contribution in [2.75, 3.05) is 6.54 Å². The zero-order valence-corrected chi connectivity index (χ0v) is 11.5. The highest BCUT2D eigenvalue weighted by atomic mass is 16.3. The van der Waals surface area contributed by atoms with Gasteiger partial charge in [0, 0.05) is 29.8 Å². The number of hydrogen-bond donors (Lipinski definition) is 4. The monoisotopic (exact) mass is 291 g/mol. The summed E-state index contributed by atoms with van der Waals surface area (Å²) in [5.41, 5.74) is 11.4. The topological polar surface area (TPSA) is 120 Å². The summed E-state index contributed by atoms with van der Waals surface area (Å²) in [6, 6.07) is 6.14. The van der Waals surface area contributed by atoms with Gasteiger partial charge in [0.2, 0.25) is 0 Å². The van der Waals surface area contributed by atoms with Crippen molar-refractivity contribution < 1.29 is 14.7 Å². The van der Waals surface area contributed by atoms with E-state index in [0.29, 0.717) is 29.8 Å². The Hall–Kier alpha value is -2.45. The van der Waals surface area contributed by atoms with Crippen molar-refractivity contribution in [3.05, 3.63) is 35.4 Å². The number of nitrogens with one attached hydrogen (secondary N) is 2. The normalized spacial score (nSPS) is 18.4. The first kappa shape index (κ1) is 14.9. The van der Waals surface area contributed by atoms with Gasteiger partial charge in [-0.3, -0.25) is 9.80 Å². The number of nitrogens with zero attached hydrogens (tertiary/aromatic N) is 2. The second-order valence-electron chi connectivity index (χ2n) is 4.65. The molecule has 3 amide bonds. The fourth-order valence-electron chi connectivity index (χ4n) is 2.00. The molecule has 0 aliphatic carbocycles. The molecule has 1 unspecified atom stereocenters. The lowest BCUT2D eigenvalue weighted by atomic mass is 10.0. The van der Waals surface area contributed by atoms with Crippen LogP contribution >= 0.6 is 0 Å². The van der Waals surface area contributed by atoms with Crippen LogP contribution in [0, 0.1) is 0 Å². The van der Waals surface area contributed by atoms with E-state index in [1.54, 1.807) is 31.2 Å². The van der Waals surface area contributed by atoms with Gasteiger partial charge in [-0.15, -0.1) is 0 Å². The van der Waals surface area contributed by atoms with Crippen molar-refractivity contribution in [1.82, 2.24) is 15.9 Å². The zero-order chi connectivity index (χ0) is 15.4. The average molecular weight is 291 g/mol. The maximum absolute atomic E-state index is 12.3. The number of carbonyl (C=O) groups is 2. The minimum Gasteiger partial charge on any atom is -0.373 e. The van der Waals surface area contributed by atoms with E-state index in [9.17, 15) is 14.7 Å². The molecule has 1 aliphatic rings. The lowest BCUT2D eigenvalue weighted by molar-refractivity contribution is 0.0177. The number of hydrazine groups is 1. The molecule has 0 bridgehead atoms. The van der Waals surface area contributed by atoms with E-state index < -0.39 is 12.3 Å². The number of nitrogens with two attached hydrogens (primary N) is 1. The summed E-state index contributed by atoms with van der Waals surface area (Å²) >= 11 is 0. The summed E-state index contributed by atoms with van der Waals surface area (Å²) in [6.45, 7) is 2.01. The highest BCUT2D eigenvalue weighted by Gasteiger charge is 2.28. The lowest BCUT2D eigenvalue weighted by Crippen LogP contribution is -2.49. The number of benzene rings is 1. The molecule has 0 saturated carbocycles. The molecule has 5 N–H and O–H groups in total. The number of fused-ring (bicyclic) bond motifs is 1. The van der Waals surface area contributed by atoms with Crippen LogP contribution in [0.5, 0.6) is 0 Å². The standard InChI is InChI=1S/C13H17N5O3/c1-8(15-16-13(14)21)6-7-18-12(20)10-5-3-2-4-9(10)11(19)17-18/h2-5,11,17,19H,6-7H2,1H3,(H3,14,16,21)/b15-8+. The van der Waals surface area contributed by atoms with Crippen molar-refractivity contribution in [1.29, 1.82) is 0 Å². The molecule has 1 aliphatic heterocycles. The number of aliphatic hydroxyl groups excluding tert-OH is 1. The van der Waals surface area contributed by atoms with Gasteiger partial charge in [0.1, 0.15) is 6.23 Å². The van der Waals surface area contributed by atoms with Gasteiger partial charge in [0.05, 0.1) is 0 Å². The molecule has 0 spiro atoms. The molecule has 1 heterocycles. The predicted molar refractivity (Wildman–Crippen MR) is 76.0 cm³/mol. The Bertz CT molecular complexity index is 587. The molecule has 8 heteroatoms. The van der Waals surface area contributed by atoms with E-state index in [4.69, 9.17) is 5.73 Å². The number of rotatable bonds is 4. The van der Waals surface area contributed by atoms with Gasteiger partial charge in [0.25, 0.3) is 5.91 Å². The SMILES string of the molecule is C/C(CCN1NC(O)c2ccccc2C1=O)=N\NC(N)=O. The molecule has 0 fully saturated rings. The number of hydrogen-bond acceptors (Lipinski definition) is 5. The largest absolute Gasteiger partial charge is 0.373 e. The third-order valence-corrected chi connectivity index (χ3v) is 3.06. The molecule has 1 aromatic rings. The summed E-state index contributed by atoms with van der Waals surface area (Å²) in [4.78, 5) is 22.8. The predicted octanol–water partition coefficient (Wildman–Crippen LogP) is 0.0722. The second-order valence-corrected chi connectivity index (χ2v) is 4.65. The molecule has 2 rings (SSSR count). The number of hydrazone groups is 1. The maximum atomic E-state index is 12.3. The Balaban J connectivity index is 2.01. The van der Waals surface area contributed by atoms with Gasteiger partial charge in [0.15, 0.2) is 0 Å². The molecule has 8 nitrogen and oxygen atoms in total. The Morgan fingerprint density at radius 1 is 1.52 bits per heavy atom. The number of amides is 3. The van der Waals surface area contributed by atoms with Crippen molar-refractivity contribution in [3.63, 3.8) is 0 Å². The van der Waals surface area contributed by atoms with Crippen LogP contribution in [0.15, 0.2) is 29.4 Å². The summed E-state index contributed by atoms with van der Waals surface area (Å²) < 4.78 is 0. The van der Waals surface area contributed by atoms with Crippen molar-refractivity contribution in [2.45, 2.75) is 19.6 Å². The average Bonchev–Trinajstić information content (AvgIpc) is 2.47. The molecule has 1 aromatic carbocycles. The highest BCUT2D eigenvalue weighted by molar-refractivity contribution is 5.96. The van der Waals surface area contributed by atoms with Crippen LogP contribution in [0.25, 0.3) is 0 Å². The van der Waals surface area contributed by atoms with Crippen molar-refractivity contribution in [3.8, 4) is 0 Å². The highest BCUT2D eigenvalue weighted by Crippen LogP contribution is 2.22. The van der Waals surface area contributed by atoms with Crippen LogP contribution in [-0.2, 0) is 0 Å². The van der Waals surface area contributed by atoms with Crippen LogP contribution < -0.4 is 16.6 Å². The molecule has 112 valence electrons. The Morgan fingerprint density at radius 3 is 2.95 bits per heavy atom.